The number of carbonyl (C=O) groups excluding carboxylic acids is 1. The zero-order chi connectivity index (χ0) is 22.1. The lowest BCUT2D eigenvalue weighted by atomic mass is 9.96. The van der Waals surface area contributed by atoms with Crippen LogP contribution in [-0.2, 0) is 14.8 Å². The van der Waals surface area contributed by atoms with Crippen LogP contribution in [0.3, 0.4) is 0 Å². The van der Waals surface area contributed by atoms with Gasteiger partial charge < -0.3 is 0 Å². The molecule has 0 atom stereocenters. The first-order chi connectivity index (χ1) is 14.1. The molecule has 8 heteroatoms. The molecule has 0 spiro atoms. The molecule has 0 fully saturated rings. The fraction of sp³-hybridized carbons (Fsp3) is 0.136. The van der Waals surface area contributed by atoms with Gasteiger partial charge in [-0.15, -0.1) is 4.40 Å². The highest BCUT2D eigenvalue weighted by Crippen LogP contribution is 2.30. The summed E-state index contributed by atoms with van der Waals surface area (Å²) in [7, 11) is -4.03. The van der Waals surface area contributed by atoms with E-state index in [1.807, 2.05) is 6.92 Å². The van der Waals surface area contributed by atoms with Crippen LogP contribution in [0, 0.1) is 6.92 Å². The Morgan fingerprint density at radius 1 is 0.833 bits per heavy atom. The predicted molar refractivity (Wildman–Crippen MR) is 121 cm³/mol. The van der Waals surface area contributed by atoms with E-state index >= 15 is 0 Å². The van der Waals surface area contributed by atoms with Crippen LogP contribution in [0.25, 0.3) is 0 Å². The van der Waals surface area contributed by atoms with E-state index in [9.17, 15) is 13.2 Å². The number of amidine groups is 1. The standard InChI is InChI=1S/C22H18Cl2N2O3S/c1-13-9-11-17(12-10-13)30(28,29)26-22(16-7-5-4-6-8-16)25-20-14(2)18(23)21(27)19(24)15(20)3/h4-12H,1-3H3. The topological polar surface area (TPSA) is 75.9 Å². The zero-order valence-corrected chi connectivity index (χ0v) is 18.8. The smallest absolute Gasteiger partial charge is 0.284 e. The average molecular weight is 461 g/mol. The van der Waals surface area contributed by atoms with Crippen molar-refractivity contribution in [3.05, 3.63) is 86.9 Å². The molecule has 2 aromatic rings. The van der Waals surface area contributed by atoms with Gasteiger partial charge in [-0.3, -0.25) is 4.79 Å². The third kappa shape index (κ3) is 4.46. The number of benzene rings is 2. The number of sulfonamides is 1. The van der Waals surface area contributed by atoms with Crippen molar-refractivity contribution in [1.29, 1.82) is 0 Å². The van der Waals surface area contributed by atoms with E-state index in [1.54, 1.807) is 56.3 Å². The van der Waals surface area contributed by atoms with Gasteiger partial charge in [-0.2, -0.15) is 8.42 Å². The largest absolute Gasteiger partial charge is 0.287 e. The first-order valence-corrected chi connectivity index (χ1v) is 11.2. The molecule has 30 heavy (non-hydrogen) atoms. The summed E-state index contributed by atoms with van der Waals surface area (Å²) in [5, 5.41) is -0.115. The van der Waals surface area contributed by atoms with Gasteiger partial charge in [-0.25, -0.2) is 4.99 Å². The van der Waals surface area contributed by atoms with Gasteiger partial charge in [0.05, 0.1) is 20.7 Å². The molecule has 154 valence electrons. The summed E-state index contributed by atoms with van der Waals surface area (Å²) in [5.41, 5.74) is 2.54. The molecule has 0 bridgehead atoms. The number of aryl methyl sites for hydroxylation is 1. The second-order valence-electron chi connectivity index (χ2n) is 6.74. The van der Waals surface area contributed by atoms with Crippen molar-refractivity contribution in [2.75, 3.05) is 0 Å². The van der Waals surface area contributed by atoms with E-state index in [1.165, 1.54) is 12.1 Å². The third-order valence-electron chi connectivity index (χ3n) is 4.54. The summed E-state index contributed by atoms with van der Waals surface area (Å²) < 4.78 is 29.8. The fourth-order valence-electron chi connectivity index (χ4n) is 2.80. The first-order valence-electron chi connectivity index (χ1n) is 8.95. The lowest BCUT2D eigenvalue weighted by Crippen LogP contribution is -2.19. The molecule has 0 saturated carbocycles. The van der Waals surface area contributed by atoms with Gasteiger partial charge in [-0.05, 0) is 44.1 Å². The number of nitrogens with zero attached hydrogens (tertiary/aromatic N) is 2. The van der Waals surface area contributed by atoms with Gasteiger partial charge in [0.1, 0.15) is 0 Å². The average Bonchev–Trinajstić information content (AvgIpc) is 2.74. The minimum absolute atomic E-state index is 0.0341. The number of allylic oxidation sites excluding steroid dienone is 4. The molecular weight excluding hydrogens is 443 g/mol. The van der Waals surface area contributed by atoms with Crippen LogP contribution in [0.2, 0.25) is 0 Å². The molecule has 3 rings (SSSR count). The number of rotatable bonds is 3. The van der Waals surface area contributed by atoms with Gasteiger partial charge in [0.25, 0.3) is 10.0 Å². The quantitative estimate of drug-likeness (QED) is 0.359. The van der Waals surface area contributed by atoms with Crippen LogP contribution in [0.1, 0.15) is 25.0 Å². The van der Waals surface area contributed by atoms with Crippen molar-refractivity contribution in [1.82, 2.24) is 0 Å². The highest BCUT2D eigenvalue weighted by Gasteiger charge is 2.28. The van der Waals surface area contributed by atoms with Gasteiger partial charge in [0, 0.05) is 5.56 Å². The lowest BCUT2D eigenvalue weighted by Gasteiger charge is -2.17. The Morgan fingerprint density at radius 2 is 1.37 bits per heavy atom. The summed E-state index contributed by atoms with van der Waals surface area (Å²) in [4.78, 5) is 16.7. The van der Waals surface area contributed by atoms with E-state index in [4.69, 9.17) is 23.2 Å². The van der Waals surface area contributed by atoms with Crippen molar-refractivity contribution < 1.29 is 13.2 Å². The van der Waals surface area contributed by atoms with Crippen LogP contribution < -0.4 is 0 Å². The van der Waals surface area contributed by atoms with Gasteiger partial charge in [-0.1, -0.05) is 71.2 Å². The zero-order valence-electron chi connectivity index (χ0n) is 16.5. The summed E-state index contributed by atoms with van der Waals surface area (Å²) in [6.45, 7) is 5.12. The molecule has 0 heterocycles. The van der Waals surface area contributed by atoms with Crippen LogP contribution >= 0.6 is 23.2 Å². The van der Waals surface area contributed by atoms with Crippen LogP contribution in [0.5, 0.6) is 0 Å². The second-order valence-corrected chi connectivity index (χ2v) is 9.10. The molecular formula is C22H18Cl2N2O3S. The number of hydrogen-bond donors (Lipinski definition) is 0. The third-order valence-corrected chi connectivity index (χ3v) is 6.73. The monoisotopic (exact) mass is 460 g/mol. The second kappa shape index (κ2) is 8.68. The van der Waals surface area contributed by atoms with Crippen LogP contribution in [0.15, 0.2) is 90.1 Å². The van der Waals surface area contributed by atoms with Gasteiger partial charge in [0.15, 0.2) is 5.84 Å². The normalized spacial score (nSPS) is 15.7. The highest BCUT2D eigenvalue weighted by atomic mass is 35.5. The molecule has 0 N–H and O–H groups in total. The fourth-order valence-corrected chi connectivity index (χ4v) is 4.18. The van der Waals surface area contributed by atoms with Crippen LogP contribution in [0.4, 0.5) is 0 Å². The highest BCUT2D eigenvalue weighted by molar-refractivity contribution is 7.90. The van der Waals surface area contributed by atoms with E-state index in [2.05, 4.69) is 9.39 Å². The van der Waals surface area contributed by atoms with E-state index < -0.39 is 15.8 Å². The van der Waals surface area contributed by atoms with Gasteiger partial charge >= 0.3 is 0 Å². The number of carbonyl (C=O) groups is 1. The maximum atomic E-state index is 12.9. The number of ketones is 1. The van der Waals surface area contributed by atoms with Crippen LogP contribution in [-0.4, -0.2) is 25.7 Å². The number of aliphatic imine (C=N–C) groups is 1. The molecule has 0 radical (unpaired) electrons. The van der Waals surface area contributed by atoms with Crippen molar-refractivity contribution in [3.63, 3.8) is 0 Å². The Bertz CT molecular complexity index is 1210. The SMILES string of the molecule is CC1=C(Cl)C(=O)C(Cl)=C(C)C1=NC(=NS(=O)(=O)c1ccc(C)cc1)c1ccccc1. The van der Waals surface area contributed by atoms with Crippen molar-refractivity contribution >= 4 is 50.6 Å². The Hall–Kier alpha value is -2.54. The summed E-state index contributed by atoms with van der Waals surface area (Å²) in [6, 6.07) is 15.1. The lowest BCUT2D eigenvalue weighted by molar-refractivity contribution is -0.111. The van der Waals surface area contributed by atoms with E-state index in [-0.39, 0.29) is 20.8 Å². The van der Waals surface area contributed by atoms with Crippen molar-refractivity contribution in [2.24, 2.45) is 9.39 Å². The summed E-state index contributed by atoms with van der Waals surface area (Å²) in [5.74, 6) is -0.522. The summed E-state index contributed by atoms with van der Waals surface area (Å²) in [6.07, 6.45) is 0. The molecule has 1 aliphatic carbocycles. The van der Waals surface area contributed by atoms with Crippen molar-refractivity contribution in [2.45, 2.75) is 25.7 Å². The Balaban J connectivity index is 2.23. The van der Waals surface area contributed by atoms with Crippen molar-refractivity contribution in [3.8, 4) is 0 Å². The number of halogens is 2. The molecule has 5 nitrogen and oxygen atoms in total. The molecule has 1 aliphatic rings. The minimum atomic E-state index is -4.03. The maximum absolute atomic E-state index is 12.9. The maximum Gasteiger partial charge on any atom is 0.284 e. The Labute approximate surface area is 185 Å². The first kappa shape index (κ1) is 22.2. The molecule has 0 aromatic heterocycles. The Morgan fingerprint density at radius 3 is 1.90 bits per heavy atom. The molecule has 2 aromatic carbocycles. The molecule has 0 amide bonds. The molecule has 0 saturated heterocycles. The Kier molecular flexibility index (Phi) is 6.41. The van der Waals surface area contributed by atoms with E-state index in [0.717, 1.165) is 5.56 Å². The number of hydrogen-bond acceptors (Lipinski definition) is 3. The molecule has 0 unspecified atom stereocenters. The minimum Gasteiger partial charge on any atom is -0.287 e. The summed E-state index contributed by atoms with van der Waals surface area (Å²) >= 11 is 12.2. The number of Topliss-reactive ketones (excluding diaryl/α,β-unsaturated/α-hetero) is 1. The predicted octanol–water partition coefficient (Wildman–Crippen LogP) is 5.18. The van der Waals surface area contributed by atoms with E-state index in [0.29, 0.717) is 22.4 Å². The van der Waals surface area contributed by atoms with Gasteiger partial charge in [0.2, 0.25) is 5.78 Å². The molecule has 0 aliphatic heterocycles.